The first kappa shape index (κ1) is 9.84. The van der Waals surface area contributed by atoms with Crippen molar-refractivity contribution in [2.24, 2.45) is 0 Å². The fourth-order valence-corrected chi connectivity index (χ4v) is 0.991. The van der Waals surface area contributed by atoms with Crippen LogP contribution in [0.3, 0.4) is 0 Å². The number of hydrogen-bond donors (Lipinski definition) is 0. The molecule has 0 saturated carbocycles. The predicted molar refractivity (Wildman–Crippen MR) is 47.3 cm³/mol. The predicted octanol–water partition coefficient (Wildman–Crippen LogP) is 2.87. The maximum atomic E-state index is 13.0. The summed E-state index contributed by atoms with van der Waals surface area (Å²) in [7, 11) is 0. The van der Waals surface area contributed by atoms with Crippen LogP contribution in [0.15, 0.2) is 23.9 Å². The highest BCUT2D eigenvalue weighted by Crippen LogP contribution is 2.11. The first-order chi connectivity index (χ1) is 6.13. The van der Waals surface area contributed by atoms with Crippen LogP contribution in [0.4, 0.5) is 8.78 Å². The molecule has 0 atom stereocenters. The molecule has 0 spiro atoms. The average Bonchev–Trinajstić information content (AvgIpc) is 2.11. The van der Waals surface area contributed by atoms with E-state index in [2.05, 4.69) is 4.98 Å². The SMILES string of the molecule is C/C=C(\C)Cc1cc(F)cnc1F. The molecule has 3 heteroatoms. The number of pyridine rings is 1. The molecule has 0 unspecified atom stereocenters. The zero-order valence-corrected chi connectivity index (χ0v) is 7.64. The number of hydrogen-bond acceptors (Lipinski definition) is 1. The second-order valence-electron chi connectivity index (χ2n) is 2.92. The van der Waals surface area contributed by atoms with Gasteiger partial charge in [0, 0.05) is 5.56 Å². The summed E-state index contributed by atoms with van der Waals surface area (Å²) in [5.41, 5.74) is 1.29. The van der Waals surface area contributed by atoms with Gasteiger partial charge in [0.15, 0.2) is 0 Å². The van der Waals surface area contributed by atoms with Gasteiger partial charge in [0.25, 0.3) is 0 Å². The van der Waals surface area contributed by atoms with Crippen LogP contribution in [0.25, 0.3) is 0 Å². The van der Waals surface area contributed by atoms with E-state index in [-0.39, 0.29) is 0 Å². The molecule has 1 nitrogen and oxygen atoms in total. The first-order valence-corrected chi connectivity index (χ1v) is 4.05. The van der Waals surface area contributed by atoms with Gasteiger partial charge in [-0.3, -0.25) is 0 Å². The third kappa shape index (κ3) is 2.61. The molecule has 1 aromatic heterocycles. The van der Waals surface area contributed by atoms with E-state index in [0.29, 0.717) is 12.0 Å². The van der Waals surface area contributed by atoms with Gasteiger partial charge in [-0.2, -0.15) is 4.39 Å². The first-order valence-electron chi connectivity index (χ1n) is 4.05. The van der Waals surface area contributed by atoms with E-state index in [1.54, 1.807) is 0 Å². The third-order valence-electron chi connectivity index (χ3n) is 1.84. The van der Waals surface area contributed by atoms with Gasteiger partial charge < -0.3 is 0 Å². The lowest BCUT2D eigenvalue weighted by atomic mass is 10.1. The molecule has 0 aliphatic carbocycles. The Morgan fingerprint density at radius 2 is 2.23 bits per heavy atom. The zero-order chi connectivity index (χ0) is 9.84. The molecule has 1 heterocycles. The van der Waals surface area contributed by atoms with Crippen molar-refractivity contribution in [3.05, 3.63) is 41.2 Å². The van der Waals surface area contributed by atoms with Crippen LogP contribution in [0.2, 0.25) is 0 Å². The highest BCUT2D eigenvalue weighted by Gasteiger charge is 2.05. The Morgan fingerprint density at radius 3 is 2.85 bits per heavy atom. The molecule has 0 amide bonds. The quantitative estimate of drug-likeness (QED) is 0.507. The minimum atomic E-state index is -0.595. The van der Waals surface area contributed by atoms with Crippen molar-refractivity contribution in [3.8, 4) is 0 Å². The van der Waals surface area contributed by atoms with Gasteiger partial charge in [-0.1, -0.05) is 11.6 Å². The molecule has 1 aromatic rings. The molecular weight excluding hydrogens is 172 g/mol. The maximum absolute atomic E-state index is 13.0. The van der Waals surface area contributed by atoms with Crippen LogP contribution in [0, 0.1) is 11.8 Å². The second-order valence-corrected chi connectivity index (χ2v) is 2.92. The number of nitrogens with zero attached hydrogens (tertiary/aromatic N) is 1. The molecule has 0 aromatic carbocycles. The maximum Gasteiger partial charge on any atom is 0.216 e. The Kier molecular flexibility index (Phi) is 3.12. The van der Waals surface area contributed by atoms with Crippen molar-refractivity contribution >= 4 is 0 Å². The molecule has 0 fully saturated rings. The van der Waals surface area contributed by atoms with Crippen molar-refractivity contribution in [1.82, 2.24) is 4.98 Å². The smallest absolute Gasteiger partial charge is 0.216 e. The third-order valence-corrected chi connectivity index (χ3v) is 1.84. The normalized spacial score (nSPS) is 11.8. The fraction of sp³-hybridized carbons (Fsp3) is 0.300. The van der Waals surface area contributed by atoms with Gasteiger partial charge >= 0.3 is 0 Å². The van der Waals surface area contributed by atoms with Gasteiger partial charge in [-0.25, -0.2) is 9.37 Å². The Balaban J connectivity index is 2.94. The summed E-state index contributed by atoms with van der Waals surface area (Å²) in [5, 5.41) is 0. The average molecular weight is 183 g/mol. The Morgan fingerprint density at radius 1 is 1.54 bits per heavy atom. The van der Waals surface area contributed by atoms with Crippen LogP contribution in [-0.4, -0.2) is 4.98 Å². The molecule has 0 saturated heterocycles. The van der Waals surface area contributed by atoms with Crippen molar-refractivity contribution in [1.29, 1.82) is 0 Å². The topological polar surface area (TPSA) is 12.9 Å². The highest BCUT2D eigenvalue weighted by atomic mass is 19.1. The van der Waals surface area contributed by atoms with Gasteiger partial charge in [-0.05, 0) is 26.3 Å². The van der Waals surface area contributed by atoms with Crippen molar-refractivity contribution in [2.75, 3.05) is 0 Å². The Hall–Kier alpha value is -1.25. The minimum Gasteiger partial charge on any atom is -0.225 e. The van der Waals surface area contributed by atoms with Crippen LogP contribution in [0.5, 0.6) is 0 Å². The summed E-state index contributed by atoms with van der Waals surface area (Å²) < 4.78 is 25.6. The highest BCUT2D eigenvalue weighted by molar-refractivity contribution is 5.19. The molecule has 0 radical (unpaired) electrons. The van der Waals surface area contributed by atoms with Crippen LogP contribution >= 0.6 is 0 Å². The van der Waals surface area contributed by atoms with Gasteiger partial charge in [-0.15, -0.1) is 0 Å². The summed E-state index contributed by atoms with van der Waals surface area (Å²) in [6, 6.07) is 1.18. The summed E-state index contributed by atoms with van der Waals surface area (Å²) in [4.78, 5) is 3.30. The van der Waals surface area contributed by atoms with Crippen molar-refractivity contribution in [3.63, 3.8) is 0 Å². The molecule has 13 heavy (non-hydrogen) atoms. The lowest BCUT2D eigenvalue weighted by Gasteiger charge is -2.01. The lowest BCUT2D eigenvalue weighted by Crippen LogP contribution is -1.96. The molecule has 0 N–H and O–H groups in total. The van der Waals surface area contributed by atoms with E-state index in [1.165, 1.54) is 6.07 Å². The minimum absolute atomic E-state index is 0.301. The van der Waals surface area contributed by atoms with E-state index >= 15 is 0 Å². The van der Waals surface area contributed by atoms with E-state index < -0.39 is 11.8 Å². The van der Waals surface area contributed by atoms with Crippen LogP contribution in [0.1, 0.15) is 19.4 Å². The van der Waals surface area contributed by atoms with Crippen LogP contribution < -0.4 is 0 Å². The van der Waals surface area contributed by atoms with Gasteiger partial charge in [0.05, 0.1) is 6.20 Å². The largest absolute Gasteiger partial charge is 0.225 e. The van der Waals surface area contributed by atoms with E-state index in [0.717, 1.165) is 11.8 Å². The van der Waals surface area contributed by atoms with Gasteiger partial charge in [0.1, 0.15) is 5.82 Å². The van der Waals surface area contributed by atoms with E-state index in [1.807, 2.05) is 19.9 Å². The molecule has 1 rings (SSSR count). The summed E-state index contributed by atoms with van der Waals surface area (Å²) in [6.07, 6.45) is 3.15. The number of rotatable bonds is 2. The monoisotopic (exact) mass is 183 g/mol. The molecule has 0 bridgehead atoms. The lowest BCUT2D eigenvalue weighted by molar-refractivity contribution is 0.546. The number of aromatic nitrogens is 1. The summed E-state index contributed by atoms with van der Waals surface area (Å²) in [5.74, 6) is -1.09. The van der Waals surface area contributed by atoms with Gasteiger partial charge in [0.2, 0.25) is 5.95 Å². The Labute approximate surface area is 76.1 Å². The molecule has 0 aliphatic rings. The van der Waals surface area contributed by atoms with Crippen molar-refractivity contribution < 1.29 is 8.78 Å². The number of halogens is 2. The number of allylic oxidation sites excluding steroid dienone is 2. The van der Waals surface area contributed by atoms with Crippen LogP contribution in [-0.2, 0) is 6.42 Å². The summed E-state index contributed by atoms with van der Waals surface area (Å²) in [6.45, 7) is 3.73. The summed E-state index contributed by atoms with van der Waals surface area (Å²) >= 11 is 0. The van der Waals surface area contributed by atoms with Crippen molar-refractivity contribution in [2.45, 2.75) is 20.3 Å². The standard InChI is InChI=1S/C10H11F2N/c1-3-7(2)4-8-5-9(11)6-13-10(8)12/h3,5-6H,4H2,1-2H3/b7-3+. The van der Waals surface area contributed by atoms with E-state index in [4.69, 9.17) is 0 Å². The molecule has 0 aliphatic heterocycles. The Bertz CT molecular complexity index is 332. The van der Waals surface area contributed by atoms with E-state index in [9.17, 15) is 8.78 Å². The fourth-order valence-electron chi connectivity index (χ4n) is 0.991. The molecular formula is C10H11F2N. The second kappa shape index (κ2) is 4.12. The molecule has 70 valence electrons. The zero-order valence-electron chi connectivity index (χ0n) is 7.64.